The van der Waals surface area contributed by atoms with Crippen LogP contribution in [0.5, 0.6) is 0 Å². The Bertz CT molecular complexity index is 8700. The molecule has 0 fully saturated rings. The van der Waals surface area contributed by atoms with Gasteiger partial charge in [-0.05, 0) is 142 Å². The molecule has 0 spiro atoms. The van der Waals surface area contributed by atoms with Crippen LogP contribution in [0.25, 0.3) is 228 Å². The summed E-state index contributed by atoms with van der Waals surface area (Å²) in [7, 11) is 12.9. The molecule has 6 heterocycles. The quantitative estimate of drug-likeness (QED) is 0.107. The van der Waals surface area contributed by atoms with Crippen LogP contribution in [0.3, 0.4) is 0 Å². The molecule has 21 aromatic carbocycles. The van der Waals surface area contributed by atoms with Crippen molar-refractivity contribution < 1.29 is 0 Å². The molecule has 144 heavy (non-hydrogen) atoms. The fourth-order valence-corrected chi connectivity index (χ4v) is 19.9. The van der Waals surface area contributed by atoms with Crippen LogP contribution >= 0.6 is 0 Å². The van der Waals surface area contributed by atoms with E-state index in [4.69, 9.17) is 0 Å². The van der Waals surface area contributed by atoms with Crippen molar-refractivity contribution in [3.63, 3.8) is 0 Å². The molecule has 0 atom stereocenters. The van der Waals surface area contributed by atoms with Gasteiger partial charge in [-0.25, -0.2) is 0 Å². The van der Waals surface area contributed by atoms with Gasteiger partial charge < -0.3 is 27.4 Å². The molecular formula is C138H156N6. The molecule has 0 aliphatic heterocycles. The molecule has 0 saturated carbocycles. The summed E-state index contributed by atoms with van der Waals surface area (Å²) < 4.78 is 13.8. The maximum atomic E-state index is 2.33. The molecule has 0 N–H and O–H groups in total. The zero-order valence-electron chi connectivity index (χ0n) is 91.8. The van der Waals surface area contributed by atoms with Crippen LogP contribution in [-0.2, 0) is 42.3 Å². The summed E-state index contributed by atoms with van der Waals surface area (Å²) in [5.41, 5.74) is 15.7. The Morgan fingerprint density at radius 2 is 0.326 bits per heavy atom. The van der Waals surface area contributed by atoms with E-state index in [-0.39, 0.29) is 0 Å². The third-order valence-electron chi connectivity index (χ3n) is 25.7. The first-order valence-corrected chi connectivity index (χ1v) is 53.5. The Balaban J connectivity index is 0.000000170. The number of aryl methyl sites for hydroxylation is 6. The van der Waals surface area contributed by atoms with Crippen molar-refractivity contribution in [1.82, 2.24) is 27.4 Å². The Morgan fingerprint density at radius 3 is 0.750 bits per heavy atom. The minimum absolute atomic E-state index is 1.29. The molecule has 738 valence electrons. The minimum atomic E-state index is 1.29. The molecular weight excluding hydrogens is 1740 g/mol. The summed E-state index contributed by atoms with van der Waals surface area (Å²) in [6.07, 6.45) is 0. The molecule has 0 radical (unpaired) electrons. The van der Waals surface area contributed by atoms with Gasteiger partial charge in [0.25, 0.3) is 0 Å². The third-order valence-corrected chi connectivity index (χ3v) is 25.7. The molecule has 27 aromatic rings. The van der Waals surface area contributed by atoms with Crippen molar-refractivity contribution in [2.45, 2.75) is 166 Å². The lowest BCUT2D eigenvalue weighted by molar-refractivity contribution is 1.01. The number of nitrogens with zero attached hydrogens (tertiary/aromatic N) is 6. The van der Waals surface area contributed by atoms with Gasteiger partial charge in [-0.15, -0.1) is 0 Å². The topological polar surface area (TPSA) is 29.6 Å². The van der Waals surface area contributed by atoms with Gasteiger partial charge in [-0.3, -0.25) is 0 Å². The predicted molar refractivity (Wildman–Crippen MR) is 656 cm³/mol. The van der Waals surface area contributed by atoms with E-state index in [0.717, 1.165) is 0 Å². The molecule has 0 saturated heterocycles. The maximum absolute atomic E-state index is 2.33. The summed E-state index contributed by atoms with van der Waals surface area (Å²) >= 11 is 0. The molecule has 0 aliphatic rings. The Hall–Kier alpha value is -15.2. The smallest absolute Gasteiger partial charge is 0.0574 e. The van der Waals surface area contributed by atoms with Crippen LogP contribution in [0.2, 0.25) is 0 Å². The van der Waals surface area contributed by atoms with Gasteiger partial charge in [-0.1, -0.05) is 500 Å². The predicted octanol–water partition coefficient (Wildman–Crippen LogP) is 42.7. The molecule has 0 bridgehead atoms. The van der Waals surface area contributed by atoms with Crippen molar-refractivity contribution in [1.29, 1.82) is 0 Å². The maximum Gasteiger partial charge on any atom is 0.0574 e. The summed E-state index contributed by atoms with van der Waals surface area (Å²) in [5, 5.41) is 39.7. The van der Waals surface area contributed by atoms with E-state index in [1.54, 1.807) is 0 Å². The van der Waals surface area contributed by atoms with Crippen molar-refractivity contribution in [3.8, 4) is 0 Å². The van der Waals surface area contributed by atoms with Crippen LogP contribution in [0.15, 0.2) is 400 Å². The first-order chi connectivity index (χ1) is 71.1. The van der Waals surface area contributed by atoms with Gasteiger partial charge in [-0.2, -0.15) is 0 Å². The van der Waals surface area contributed by atoms with Gasteiger partial charge in [0.05, 0.1) is 22.1 Å². The first kappa shape index (κ1) is 111. The van der Waals surface area contributed by atoms with Gasteiger partial charge in [0.15, 0.2) is 0 Å². The third kappa shape index (κ3) is 21.7. The van der Waals surface area contributed by atoms with E-state index in [9.17, 15) is 0 Å². The van der Waals surface area contributed by atoms with E-state index in [0.29, 0.717) is 0 Å². The molecule has 6 nitrogen and oxygen atoms in total. The van der Waals surface area contributed by atoms with Crippen molar-refractivity contribution in [3.05, 3.63) is 400 Å². The number of aromatic nitrogens is 6. The first-order valence-electron chi connectivity index (χ1n) is 53.5. The molecule has 0 unspecified atom stereocenters. The SMILES string of the molecule is CC.CC.CC.CC.CC.CC.CC.CC.CC.CC.CC.CC.Cn1c2ccccc2c2c3ccccc3ccc21.Cn1c2ccccc2c2cc3ccccc3cc21.Cn1c2ccccc2c2ccc3c4ccccc4ccc3c21.Cn1c2ccccc2c2ccc3cc4ccccc4cc3c21.Cn1c2ccccc2c2ccc3ccc4ccccc4c3c21.Cn1c2ccccc2c2ccc3ccccc3c21. The van der Waals surface area contributed by atoms with E-state index in [1.165, 1.54) is 228 Å². The Morgan fingerprint density at radius 1 is 0.104 bits per heavy atom. The molecule has 6 heteroatoms. The summed E-state index contributed by atoms with van der Waals surface area (Å²) in [5.74, 6) is 0. The summed E-state index contributed by atoms with van der Waals surface area (Å²) in [4.78, 5) is 0. The highest BCUT2D eigenvalue weighted by molar-refractivity contribution is 6.27. The van der Waals surface area contributed by atoms with Crippen molar-refractivity contribution >= 4 is 228 Å². The monoisotopic (exact) mass is 1900 g/mol. The van der Waals surface area contributed by atoms with Crippen LogP contribution < -0.4 is 0 Å². The number of fused-ring (bicyclic) bond motifs is 34. The fourth-order valence-electron chi connectivity index (χ4n) is 19.9. The molecule has 6 aromatic heterocycles. The summed E-state index contributed by atoms with van der Waals surface area (Å²) in [6, 6.07) is 144. The van der Waals surface area contributed by atoms with Crippen LogP contribution in [-0.4, -0.2) is 27.4 Å². The van der Waals surface area contributed by atoms with E-state index >= 15 is 0 Å². The Kier molecular flexibility index (Phi) is 41.6. The lowest BCUT2D eigenvalue weighted by Crippen LogP contribution is -1.88. The van der Waals surface area contributed by atoms with E-state index < -0.39 is 0 Å². The van der Waals surface area contributed by atoms with Gasteiger partial charge in [0.1, 0.15) is 0 Å². The van der Waals surface area contributed by atoms with Crippen molar-refractivity contribution in [2.24, 2.45) is 42.3 Å². The second-order valence-electron chi connectivity index (χ2n) is 32.1. The fraction of sp³-hybridized carbons (Fsp3) is 0.217. The van der Waals surface area contributed by atoms with Crippen LogP contribution in [0, 0.1) is 0 Å². The zero-order valence-corrected chi connectivity index (χ0v) is 91.8. The van der Waals surface area contributed by atoms with Gasteiger partial charge in [0.2, 0.25) is 0 Å². The number of benzene rings is 21. The second-order valence-corrected chi connectivity index (χ2v) is 32.1. The Labute approximate surface area is 858 Å². The normalized spacial score (nSPS) is 10.3. The highest BCUT2D eigenvalue weighted by atomic mass is 15.0. The van der Waals surface area contributed by atoms with E-state index in [1.807, 2.05) is 166 Å². The van der Waals surface area contributed by atoms with Gasteiger partial charge in [0, 0.05) is 173 Å². The number of rotatable bonds is 0. The molecule has 27 rings (SSSR count). The van der Waals surface area contributed by atoms with E-state index in [2.05, 4.69) is 470 Å². The number of para-hydroxylation sites is 6. The number of hydrogen-bond acceptors (Lipinski definition) is 0. The van der Waals surface area contributed by atoms with Crippen molar-refractivity contribution in [2.75, 3.05) is 0 Å². The lowest BCUT2D eigenvalue weighted by atomic mass is 9.99. The molecule has 0 amide bonds. The minimum Gasteiger partial charge on any atom is -0.344 e. The summed E-state index contributed by atoms with van der Waals surface area (Å²) in [6.45, 7) is 48.0. The average molecular weight is 1900 g/mol. The zero-order chi connectivity index (χ0) is 104. The number of hydrogen-bond donors (Lipinski definition) is 0. The average Bonchev–Trinajstić information content (AvgIpc) is 1.26. The lowest BCUT2D eigenvalue weighted by Gasteiger charge is -2.07. The molecule has 0 aliphatic carbocycles. The largest absolute Gasteiger partial charge is 0.344 e. The highest BCUT2D eigenvalue weighted by Crippen LogP contribution is 2.43. The van der Waals surface area contributed by atoms with Crippen LogP contribution in [0.1, 0.15) is 166 Å². The van der Waals surface area contributed by atoms with Crippen LogP contribution in [0.4, 0.5) is 0 Å². The standard InChI is InChI=1S/3C21H15N.3C17H13N.12C2H6/c1-22-20-9-5-4-8-17(20)18-11-10-16-12-14-6-2-3-7-15(14)13-19(16)21(18)22;1-22-19-9-5-4-8-17(19)18-13-12-15-11-10-14-6-2-3-7-16(14)20(15)21(18)22;1-22-20-9-5-4-8-17(20)19-13-12-16-15-7-3-2-6-14(15)10-11-18(16)21(19)22;1-18-16-9-5-4-8-14(16)15-10-12-6-2-3-7-13(12)11-17(15)18;1-18-16-9-5-4-8-14(16)15-11-10-12-6-2-3-7-13(12)17(15)18;1-18-15-9-5-4-8-14(15)17-13-7-3-2-6-12(13)10-11-16(17)18;12*1-2/h3*2-13H,1H3;3*2-11H,1H3;12*1-2H3. The highest BCUT2D eigenvalue weighted by Gasteiger charge is 2.19. The van der Waals surface area contributed by atoms with Gasteiger partial charge >= 0.3 is 0 Å². The second kappa shape index (κ2) is 54.1.